The van der Waals surface area contributed by atoms with Crippen LogP contribution in [0.1, 0.15) is 10.4 Å². The summed E-state index contributed by atoms with van der Waals surface area (Å²) in [6.07, 6.45) is 0. The average molecular weight is 312 g/mol. The second kappa shape index (κ2) is 5.31. The van der Waals surface area contributed by atoms with Crippen LogP contribution in [0.4, 0.5) is 17.6 Å². The molecule has 1 amide bonds. The molecule has 1 rings (SSSR count). The second-order valence-electron chi connectivity index (χ2n) is 3.05. The summed E-state index contributed by atoms with van der Waals surface area (Å²) in [5, 5.41) is 2.13. The molecule has 0 fully saturated rings. The summed E-state index contributed by atoms with van der Waals surface area (Å²) in [6.45, 7) is 3.34. The van der Waals surface area contributed by atoms with E-state index in [0.717, 1.165) is 0 Å². The summed E-state index contributed by atoms with van der Waals surface area (Å²) in [4.78, 5) is 11.3. The van der Waals surface area contributed by atoms with Crippen LogP contribution in [-0.2, 0) is 0 Å². The molecule has 1 N–H and O–H groups in total. The van der Waals surface area contributed by atoms with Crippen LogP contribution in [0.2, 0.25) is 0 Å². The highest BCUT2D eigenvalue weighted by molar-refractivity contribution is 9.11. The normalized spacial score (nSPS) is 10.2. The fraction of sp³-hybridized carbons (Fsp3) is 0.100. The first-order chi connectivity index (χ1) is 7.84. The molecule has 1 aromatic carbocycles. The standard InChI is InChI=1S/C10H6BrF4NO/c1-4(11)3-16-10(17)5-2-6(12)8(14)9(15)7(5)13/h2H,1,3H2,(H,16,17). The van der Waals surface area contributed by atoms with Gasteiger partial charge < -0.3 is 5.32 Å². The Morgan fingerprint density at radius 3 is 2.35 bits per heavy atom. The van der Waals surface area contributed by atoms with E-state index in [1.807, 2.05) is 0 Å². The van der Waals surface area contributed by atoms with E-state index in [4.69, 9.17) is 0 Å². The number of carbonyl (C=O) groups excluding carboxylic acids is 1. The zero-order valence-corrected chi connectivity index (χ0v) is 9.88. The highest BCUT2D eigenvalue weighted by Gasteiger charge is 2.22. The van der Waals surface area contributed by atoms with Crippen LogP contribution >= 0.6 is 15.9 Å². The number of amides is 1. The van der Waals surface area contributed by atoms with Gasteiger partial charge in [-0.2, -0.15) is 0 Å². The van der Waals surface area contributed by atoms with Crippen molar-refractivity contribution in [2.45, 2.75) is 0 Å². The highest BCUT2D eigenvalue weighted by atomic mass is 79.9. The van der Waals surface area contributed by atoms with Gasteiger partial charge in [0, 0.05) is 11.0 Å². The van der Waals surface area contributed by atoms with Crippen molar-refractivity contribution in [2.24, 2.45) is 0 Å². The van der Waals surface area contributed by atoms with Gasteiger partial charge in [0.15, 0.2) is 23.3 Å². The van der Waals surface area contributed by atoms with Gasteiger partial charge in [0.1, 0.15) is 0 Å². The summed E-state index contributed by atoms with van der Waals surface area (Å²) >= 11 is 2.92. The van der Waals surface area contributed by atoms with Crippen LogP contribution in [0, 0.1) is 23.3 Å². The summed E-state index contributed by atoms with van der Waals surface area (Å²) in [7, 11) is 0. The Kier molecular flexibility index (Phi) is 4.28. The minimum atomic E-state index is -2.02. The van der Waals surface area contributed by atoms with Crippen molar-refractivity contribution in [3.05, 3.63) is 46.0 Å². The molecular formula is C10H6BrF4NO. The summed E-state index contributed by atoms with van der Waals surface area (Å²) < 4.78 is 51.7. The minimum absolute atomic E-state index is 0.0567. The van der Waals surface area contributed by atoms with Gasteiger partial charge in [-0.15, -0.1) is 0 Å². The molecule has 0 heterocycles. The van der Waals surface area contributed by atoms with Crippen molar-refractivity contribution in [1.29, 1.82) is 0 Å². The van der Waals surface area contributed by atoms with Gasteiger partial charge in [-0.1, -0.05) is 22.5 Å². The first-order valence-electron chi connectivity index (χ1n) is 4.29. The fourth-order valence-corrected chi connectivity index (χ4v) is 1.15. The first kappa shape index (κ1) is 13.7. The van der Waals surface area contributed by atoms with Crippen molar-refractivity contribution in [2.75, 3.05) is 6.54 Å². The monoisotopic (exact) mass is 311 g/mol. The molecule has 0 atom stereocenters. The third kappa shape index (κ3) is 3.06. The predicted molar refractivity (Wildman–Crippen MR) is 56.7 cm³/mol. The van der Waals surface area contributed by atoms with Crippen LogP contribution in [-0.4, -0.2) is 12.5 Å². The van der Waals surface area contributed by atoms with Gasteiger partial charge in [0.2, 0.25) is 0 Å². The van der Waals surface area contributed by atoms with E-state index in [0.29, 0.717) is 10.5 Å². The van der Waals surface area contributed by atoms with Crippen molar-refractivity contribution >= 4 is 21.8 Å². The zero-order chi connectivity index (χ0) is 13.2. The molecule has 0 saturated carbocycles. The Bertz CT molecular complexity index is 490. The Labute approximate surface area is 102 Å². The summed E-state index contributed by atoms with van der Waals surface area (Å²) in [5.41, 5.74) is -0.907. The molecule has 92 valence electrons. The molecule has 0 spiro atoms. The zero-order valence-electron chi connectivity index (χ0n) is 8.29. The van der Waals surface area contributed by atoms with Crippen molar-refractivity contribution in [3.8, 4) is 0 Å². The maximum absolute atomic E-state index is 13.1. The molecule has 0 saturated heterocycles. The molecular weight excluding hydrogens is 306 g/mol. The van der Waals surface area contributed by atoms with E-state index >= 15 is 0 Å². The molecule has 17 heavy (non-hydrogen) atoms. The lowest BCUT2D eigenvalue weighted by molar-refractivity contribution is 0.0951. The van der Waals surface area contributed by atoms with Crippen LogP contribution in [0.25, 0.3) is 0 Å². The van der Waals surface area contributed by atoms with Gasteiger partial charge in [0.25, 0.3) is 5.91 Å². The smallest absolute Gasteiger partial charge is 0.254 e. The van der Waals surface area contributed by atoms with E-state index in [9.17, 15) is 22.4 Å². The molecule has 0 radical (unpaired) electrons. The largest absolute Gasteiger partial charge is 0.347 e. The third-order valence-corrected chi connectivity index (χ3v) is 2.07. The number of halogens is 5. The molecule has 0 aliphatic heterocycles. The lowest BCUT2D eigenvalue weighted by Gasteiger charge is -2.06. The quantitative estimate of drug-likeness (QED) is 0.519. The predicted octanol–water partition coefficient (Wildman–Crippen LogP) is 2.88. The number of carbonyl (C=O) groups is 1. The van der Waals surface area contributed by atoms with Gasteiger partial charge in [-0.25, -0.2) is 17.6 Å². The number of benzene rings is 1. The van der Waals surface area contributed by atoms with Crippen molar-refractivity contribution in [1.82, 2.24) is 5.32 Å². The highest BCUT2D eigenvalue weighted by Crippen LogP contribution is 2.18. The van der Waals surface area contributed by atoms with E-state index in [2.05, 4.69) is 27.8 Å². The van der Waals surface area contributed by atoms with Gasteiger partial charge in [0.05, 0.1) is 5.56 Å². The topological polar surface area (TPSA) is 29.1 Å². The van der Waals surface area contributed by atoms with Crippen molar-refractivity contribution < 1.29 is 22.4 Å². The van der Waals surface area contributed by atoms with E-state index < -0.39 is 34.7 Å². The number of hydrogen-bond donors (Lipinski definition) is 1. The van der Waals surface area contributed by atoms with Gasteiger partial charge in [-0.05, 0) is 6.07 Å². The molecule has 1 aromatic rings. The summed E-state index contributed by atoms with van der Waals surface area (Å²) in [6, 6.07) is 0.292. The van der Waals surface area contributed by atoms with E-state index in [1.54, 1.807) is 0 Å². The van der Waals surface area contributed by atoms with E-state index in [1.165, 1.54) is 0 Å². The Morgan fingerprint density at radius 1 is 1.24 bits per heavy atom. The van der Waals surface area contributed by atoms with Crippen LogP contribution in [0.15, 0.2) is 17.1 Å². The molecule has 2 nitrogen and oxygen atoms in total. The lowest BCUT2D eigenvalue weighted by Crippen LogP contribution is -2.26. The molecule has 0 bridgehead atoms. The second-order valence-corrected chi connectivity index (χ2v) is 4.17. The number of rotatable bonds is 3. The first-order valence-corrected chi connectivity index (χ1v) is 5.08. The lowest BCUT2D eigenvalue weighted by atomic mass is 10.1. The Balaban J connectivity index is 3.06. The molecule has 0 aromatic heterocycles. The SMILES string of the molecule is C=C(Br)CNC(=O)c1cc(F)c(F)c(F)c1F. The average Bonchev–Trinajstić information content (AvgIpc) is 2.28. The van der Waals surface area contributed by atoms with E-state index in [-0.39, 0.29) is 6.54 Å². The minimum Gasteiger partial charge on any atom is -0.347 e. The summed E-state index contributed by atoms with van der Waals surface area (Å²) in [5.74, 6) is -8.41. The number of nitrogens with one attached hydrogen (secondary N) is 1. The van der Waals surface area contributed by atoms with Crippen LogP contribution in [0.3, 0.4) is 0 Å². The van der Waals surface area contributed by atoms with Gasteiger partial charge >= 0.3 is 0 Å². The van der Waals surface area contributed by atoms with Crippen LogP contribution < -0.4 is 5.32 Å². The molecule has 7 heteroatoms. The maximum Gasteiger partial charge on any atom is 0.254 e. The fourth-order valence-electron chi connectivity index (χ4n) is 1.01. The van der Waals surface area contributed by atoms with Gasteiger partial charge in [-0.3, -0.25) is 4.79 Å². The third-order valence-electron chi connectivity index (χ3n) is 1.79. The molecule has 0 aliphatic rings. The Morgan fingerprint density at radius 2 is 1.82 bits per heavy atom. The van der Waals surface area contributed by atoms with Crippen molar-refractivity contribution in [3.63, 3.8) is 0 Å². The Hall–Kier alpha value is -1.37. The van der Waals surface area contributed by atoms with Crippen LogP contribution in [0.5, 0.6) is 0 Å². The number of hydrogen-bond acceptors (Lipinski definition) is 1. The maximum atomic E-state index is 13.1. The molecule has 0 aliphatic carbocycles. The molecule has 0 unspecified atom stereocenters.